The number of hydrogen-bond acceptors (Lipinski definition) is 5. The third-order valence-corrected chi connectivity index (χ3v) is 7.61. The number of hydrogen-bond donors (Lipinski definition) is 1. The molecule has 0 saturated carbocycles. The monoisotopic (exact) mass is 470 g/mol. The molecule has 28 heavy (non-hydrogen) atoms. The maximum atomic E-state index is 12.9. The smallest absolute Gasteiger partial charge is 0.255 e. The zero-order chi connectivity index (χ0) is 20.3. The minimum atomic E-state index is -3.52. The second-order valence-electron chi connectivity index (χ2n) is 7.10. The number of sulfone groups is 1. The van der Waals surface area contributed by atoms with E-state index in [0.29, 0.717) is 17.5 Å². The van der Waals surface area contributed by atoms with Crippen LogP contribution < -0.4 is 5.32 Å². The maximum Gasteiger partial charge on any atom is 0.255 e. The summed E-state index contributed by atoms with van der Waals surface area (Å²) in [7, 11) is -3.52. The molecule has 9 heteroatoms. The average molecular weight is 471 g/mol. The lowest BCUT2D eigenvalue weighted by Crippen LogP contribution is -2.52. The van der Waals surface area contributed by atoms with E-state index in [0.717, 1.165) is 24.6 Å². The molecule has 1 atom stereocenters. The van der Waals surface area contributed by atoms with Gasteiger partial charge in [0.25, 0.3) is 5.91 Å². The summed E-state index contributed by atoms with van der Waals surface area (Å²) in [4.78, 5) is 37.9. The van der Waals surface area contributed by atoms with Crippen LogP contribution in [0.4, 0.5) is 0 Å². The first kappa shape index (κ1) is 21.0. The lowest BCUT2D eigenvalue weighted by molar-refractivity contribution is -0.136. The fourth-order valence-electron chi connectivity index (χ4n) is 3.70. The number of benzene rings is 1. The van der Waals surface area contributed by atoms with Gasteiger partial charge in [-0.2, -0.15) is 0 Å². The minimum Gasteiger partial charge on any atom is -0.322 e. The van der Waals surface area contributed by atoms with Gasteiger partial charge in [-0.1, -0.05) is 34.8 Å². The van der Waals surface area contributed by atoms with Crippen LogP contribution in [-0.4, -0.2) is 48.2 Å². The van der Waals surface area contributed by atoms with E-state index in [1.54, 1.807) is 12.1 Å². The van der Waals surface area contributed by atoms with Crippen LogP contribution >= 0.6 is 15.9 Å². The lowest BCUT2D eigenvalue weighted by atomic mass is 10.0. The molecule has 7 nitrogen and oxygen atoms in total. The van der Waals surface area contributed by atoms with Gasteiger partial charge < -0.3 is 4.90 Å². The van der Waals surface area contributed by atoms with Crippen molar-refractivity contribution in [3.05, 3.63) is 29.3 Å². The molecule has 0 spiro atoms. The number of carbonyl (C=O) groups excluding carboxylic acids is 3. The number of unbranched alkanes of at least 4 members (excludes halogenated alkanes) is 3. The van der Waals surface area contributed by atoms with Crippen LogP contribution in [0.3, 0.4) is 0 Å². The molecule has 0 aliphatic carbocycles. The Kier molecular flexibility index (Phi) is 6.54. The van der Waals surface area contributed by atoms with Gasteiger partial charge in [-0.3, -0.25) is 19.7 Å². The van der Waals surface area contributed by atoms with Crippen molar-refractivity contribution in [2.75, 3.05) is 11.1 Å². The van der Waals surface area contributed by atoms with E-state index in [1.165, 1.54) is 11.0 Å². The number of piperidine rings is 1. The number of imide groups is 1. The highest BCUT2D eigenvalue weighted by molar-refractivity contribution is 9.09. The Morgan fingerprint density at radius 2 is 1.86 bits per heavy atom. The summed E-state index contributed by atoms with van der Waals surface area (Å²) in [6.45, 7) is 0.0689. The third-order valence-electron chi connectivity index (χ3n) is 5.17. The van der Waals surface area contributed by atoms with Crippen LogP contribution in [0.15, 0.2) is 23.1 Å². The van der Waals surface area contributed by atoms with E-state index in [2.05, 4.69) is 21.2 Å². The van der Waals surface area contributed by atoms with Crippen molar-refractivity contribution in [2.24, 2.45) is 0 Å². The van der Waals surface area contributed by atoms with E-state index < -0.39 is 21.8 Å². The molecule has 1 saturated heterocycles. The highest BCUT2D eigenvalue weighted by Crippen LogP contribution is 2.32. The molecule has 1 fully saturated rings. The van der Waals surface area contributed by atoms with Gasteiger partial charge >= 0.3 is 0 Å². The number of rotatable bonds is 8. The first-order valence-electron chi connectivity index (χ1n) is 9.40. The summed E-state index contributed by atoms with van der Waals surface area (Å²) < 4.78 is 25.7. The first-order valence-corrected chi connectivity index (χ1v) is 12.2. The van der Waals surface area contributed by atoms with Crippen molar-refractivity contribution in [3.63, 3.8) is 0 Å². The van der Waals surface area contributed by atoms with Crippen LogP contribution in [0.2, 0.25) is 0 Å². The van der Waals surface area contributed by atoms with Gasteiger partial charge in [-0.25, -0.2) is 8.42 Å². The highest BCUT2D eigenvalue weighted by Gasteiger charge is 2.40. The predicted molar refractivity (Wildman–Crippen MR) is 107 cm³/mol. The van der Waals surface area contributed by atoms with E-state index in [4.69, 9.17) is 0 Å². The Hall–Kier alpha value is -1.74. The van der Waals surface area contributed by atoms with Crippen molar-refractivity contribution >= 4 is 43.5 Å². The second kappa shape index (κ2) is 8.73. The number of nitrogens with one attached hydrogen (secondary N) is 1. The summed E-state index contributed by atoms with van der Waals surface area (Å²) in [5.41, 5.74) is 0.780. The van der Waals surface area contributed by atoms with E-state index >= 15 is 0 Å². The molecule has 2 aliphatic heterocycles. The number of nitrogens with zero attached hydrogens (tertiary/aromatic N) is 1. The van der Waals surface area contributed by atoms with Gasteiger partial charge in [0.05, 0.1) is 10.6 Å². The van der Waals surface area contributed by atoms with Gasteiger partial charge in [-0.15, -0.1) is 0 Å². The molecule has 152 valence electrons. The second-order valence-corrected chi connectivity index (χ2v) is 9.97. The zero-order valence-electron chi connectivity index (χ0n) is 15.4. The van der Waals surface area contributed by atoms with Crippen molar-refractivity contribution in [2.45, 2.75) is 56.0 Å². The van der Waals surface area contributed by atoms with Crippen LogP contribution in [0.25, 0.3) is 0 Å². The summed E-state index contributed by atoms with van der Waals surface area (Å²) in [5.74, 6) is -1.18. The van der Waals surface area contributed by atoms with E-state index in [9.17, 15) is 22.8 Å². The zero-order valence-corrected chi connectivity index (χ0v) is 17.9. The molecule has 0 bridgehead atoms. The first-order chi connectivity index (χ1) is 13.3. The summed E-state index contributed by atoms with van der Waals surface area (Å²) in [6, 6.07) is 3.95. The van der Waals surface area contributed by atoms with Gasteiger partial charge in [-0.05, 0) is 31.4 Å². The van der Waals surface area contributed by atoms with E-state index in [-0.39, 0.29) is 41.8 Å². The molecule has 3 amide bonds. The Labute approximate surface area is 172 Å². The molecule has 1 aromatic carbocycles. The molecule has 0 aromatic heterocycles. The predicted octanol–water partition coefficient (Wildman–Crippen LogP) is 2.18. The summed E-state index contributed by atoms with van der Waals surface area (Å²) in [5, 5.41) is 3.16. The molecule has 1 unspecified atom stereocenters. The Bertz CT molecular complexity index is 900. The standard InChI is InChI=1S/C19H23BrN2O5S/c20-10-3-1-2-4-11-28(26,27)16-7-5-6-13-14(16)12-22(19(13)25)15-8-9-17(23)21-18(15)24/h5-7,15H,1-4,8-12H2,(H,21,23,24). The van der Waals surface area contributed by atoms with Crippen molar-refractivity contribution in [3.8, 4) is 0 Å². The van der Waals surface area contributed by atoms with Gasteiger partial charge in [0.15, 0.2) is 9.84 Å². The third kappa shape index (κ3) is 4.30. The molecule has 1 aromatic rings. The normalized spacial score (nSPS) is 19.7. The number of alkyl halides is 1. The van der Waals surface area contributed by atoms with Crippen LogP contribution in [-0.2, 0) is 26.0 Å². The number of carbonyl (C=O) groups is 3. The highest BCUT2D eigenvalue weighted by atomic mass is 79.9. The fraction of sp³-hybridized carbons (Fsp3) is 0.526. The molecule has 1 N–H and O–H groups in total. The topological polar surface area (TPSA) is 101 Å². The minimum absolute atomic E-state index is 0.0400. The summed E-state index contributed by atoms with van der Waals surface area (Å²) >= 11 is 3.36. The van der Waals surface area contributed by atoms with E-state index in [1.807, 2.05) is 0 Å². The average Bonchev–Trinajstić information content (AvgIpc) is 2.98. The van der Waals surface area contributed by atoms with Crippen molar-refractivity contribution in [1.82, 2.24) is 10.2 Å². The maximum absolute atomic E-state index is 12.9. The molecule has 3 rings (SSSR count). The Morgan fingerprint density at radius 3 is 2.57 bits per heavy atom. The number of amides is 3. The SMILES string of the molecule is O=C1CCC(N2Cc3c(cccc3S(=O)(=O)CCCCCCBr)C2=O)C(=O)N1. The molecular formula is C19H23BrN2O5S. The van der Waals surface area contributed by atoms with Gasteiger partial charge in [0.2, 0.25) is 11.8 Å². The lowest BCUT2D eigenvalue weighted by Gasteiger charge is -2.29. The Balaban J connectivity index is 1.78. The molecule has 0 radical (unpaired) electrons. The Morgan fingerprint density at radius 1 is 1.11 bits per heavy atom. The van der Waals surface area contributed by atoms with Crippen LogP contribution in [0.1, 0.15) is 54.4 Å². The molecule has 2 aliphatic rings. The number of fused-ring (bicyclic) bond motifs is 1. The van der Waals surface area contributed by atoms with Crippen LogP contribution in [0, 0.1) is 0 Å². The largest absolute Gasteiger partial charge is 0.322 e. The molecule has 2 heterocycles. The van der Waals surface area contributed by atoms with Crippen LogP contribution in [0.5, 0.6) is 0 Å². The van der Waals surface area contributed by atoms with Gasteiger partial charge in [0, 0.05) is 29.4 Å². The van der Waals surface area contributed by atoms with Crippen molar-refractivity contribution < 1.29 is 22.8 Å². The van der Waals surface area contributed by atoms with Crippen molar-refractivity contribution in [1.29, 1.82) is 0 Å². The fourth-order valence-corrected chi connectivity index (χ4v) is 5.74. The van der Waals surface area contributed by atoms with Gasteiger partial charge in [0.1, 0.15) is 6.04 Å². The number of halogens is 1. The molecular weight excluding hydrogens is 448 g/mol. The quantitative estimate of drug-likeness (QED) is 0.356. The summed E-state index contributed by atoms with van der Waals surface area (Å²) in [6.07, 6.45) is 3.80.